The summed E-state index contributed by atoms with van der Waals surface area (Å²) in [4.78, 5) is 3.26. The Hall–Kier alpha value is -1.41. The summed E-state index contributed by atoms with van der Waals surface area (Å²) < 4.78 is 32.9. The van der Waals surface area contributed by atoms with Crippen LogP contribution in [0.3, 0.4) is 0 Å². The summed E-state index contributed by atoms with van der Waals surface area (Å²) in [6, 6.07) is 13.3. The third kappa shape index (κ3) is 4.16. The minimum Gasteiger partial charge on any atom is -0.492 e. The minimum atomic E-state index is -3.33. The van der Waals surface area contributed by atoms with E-state index in [-0.39, 0.29) is 0 Å². The number of thiophene rings is 1. The van der Waals surface area contributed by atoms with Crippen molar-refractivity contribution in [2.24, 2.45) is 0 Å². The molecule has 0 radical (unpaired) electrons. The highest BCUT2D eigenvalue weighted by Crippen LogP contribution is 2.25. The van der Waals surface area contributed by atoms with Gasteiger partial charge in [-0.05, 0) is 31.2 Å². The van der Waals surface area contributed by atoms with Crippen molar-refractivity contribution in [3.05, 3.63) is 47.3 Å². The zero-order chi connectivity index (χ0) is 17.0. The second-order valence-electron chi connectivity index (χ2n) is 5.77. The molecule has 1 aromatic heterocycles. The molecule has 2 heterocycles. The van der Waals surface area contributed by atoms with Crippen molar-refractivity contribution in [3.8, 4) is 5.75 Å². The fourth-order valence-electron chi connectivity index (χ4n) is 2.68. The first-order chi connectivity index (χ1) is 11.6. The van der Waals surface area contributed by atoms with Crippen molar-refractivity contribution >= 4 is 21.4 Å². The minimum absolute atomic E-state index is 0.445. The molecular formula is C17H22N2O3S2. The molecule has 0 spiro atoms. The lowest BCUT2D eigenvalue weighted by atomic mass is 10.3. The molecule has 0 amide bonds. The van der Waals surface area contributed by atoms with Crippen LogP contribution in [0.1, 0.15) is 4.88 Å². The van der Waals surface area contributed by atoms with Gasteiger partial charge in [0, 0.05) is 37.6 Å². The highest BCUT2D eigenvalue weighted by molar-refractivity contribution is 7.91. The number of benzene rings is 1. The summed E-state index contributed by atoms with van der Waals surface area (Å²) in [5.41, 5.74) is 0. The molecule has 0 bridgehead atoms. The molecule has 0 unspecified atom stereocenters. The molecule has 3 rings (SSSR count). The van der Waals surface area contributed by atoms with E-state index in [2.05, 4.69) is 4.90 Å². The van der Waals surface area contributed by atoms with Crippen LogP contribution in [0, 0.1) is 6.92 Å². The number of rotatable bonds is 6. The Morgan fingerprint density at radius 3 is 2.38 bits per heavy atom. The molecule has 24 heavy (non-hydrogen) atoms. The van der Waals surface area contributed by atoms with E-state index < -0.39 is 10.0 Å². The van der Waals surface area contributed by atoms with Gasteiger partial charge in [0.2, 0.25) is 0 Å². The van der Waals surface area contributed by atoms with Crippen LogP contribution in [0.15, 0.2) is 46.7 Å². The van der Waals surface area contributed by atoms with Gasteiger partial charge in [0.05, 0.1) is 0 Å². The molecular weight excluding hydrogens is 344 g/mol. The smallest absolute Gasteiger partial charge is 0.252 e. The second-order valence-corrected chi connectivity index (χ2v) is 9.22. The largest absolute Gasteiger partial charge is 0.492 e. The Morgan fingerprint density at radius 2 is 1.75 bits per heavy atom. The summed E-state index contributed by atoms with van der Waals surface area (Å²) in [5, 5.41) is 0. The number of nitrogens with zero attached hydrogens (tertiary/aromatic N) is 2. The van der Waals surface area contributed by atoms with Crippen molar-refractivity contribution in [1.82, 2.24) is 9.21 Å². The predicted molar refractivity (Wildman–Crippen MR) is 96.2 cm³/mol. The monoisotopic (exact) mass is 366 g/mol. The van der Waals surface area contributed by atoms with Gasteiger partial charge in [-0.25, -0.2) is 8.42 Å². The zero-order valence-electron chi connectivity index (χ0n) is 13.7. The molecule has 7 heteroatoms. The standard InChI is InChI=1S/C17H22N2O3S2/c1-15-7-8-17(23-15)24(20,21)19-11-9-18(10-12-19)13-14-22-16-5-3-2-4-6-16/h2-8H,9-14H2,1H3. The number of ether oxygens (including phenoxy) is 1. The molecule has 0 aliphatic carbocycles. The van der Waals surface area contributed by atoms with E-state index >= 15 is 0 Å². The lowest BCUT2D eigenvalue weighted by Gasteiger charge is -2.33. The van der Waals surface area contributed by atoms with Crippen LogP contribution in [0.4, 0.5) is 0 Å². The third-order valence-electron chi connectivity index (χ3n) is 4.06. The predicted octanol–water partition coefficient (Wildman–Crippen LogP) is 2.44. The number of aryl methyl sites for hydroxylation is 1. The molecule has 1 fully saturated rings. The highest BCUT2D eigenvalue weighted by Gasteiger charge is 2.29. The molecule has 0 N–H and O–H groups in total. The van der Waals surface area contributed by atoms with Crippen LogP contribution in [-0.2, 0) is 10.0 Å². The molecule has 0 saturated carbocycles. The molecule has 0 atom stereocenters. The fourth-order valence-corrected chi connectivity index (χ4v) is 5.54. The summed E-state index contributed by atoms with van der Waals surface area (Å²) in [6.07, 6.45) is 0. The summed E-state index contributed by atoms with van der Waals surface area (Å²) >= 11 is 1.34. The summed E-state index contributed by atoms with van der Waals surface area (Å²) in [6.45, 7) is 5.88. The first kappa shape index (κ1) is 17.4. The first-order valence-corrected chi connectivity index (χ1v) is 10.3. The van der Waals surface area contributed by atoms with E-state index in [1.54, 1.807) is 10.4 Å². The molecule has 2 aromatic rings. The Balaban J connectivity index is 1.47. The van der Waals surface area contributed by atoms with E-state index in [4.69, 9.17) is 4.74 Å². The van der Waals surface area contributed by atoms with Crippen LogP contribution in [-0.4, -0.2) is 57.0 Å². The van der Waals surface area contributed by atoms with Gasteiger partial charge in [-0.1, -0.05) is 18.2 Å². The van der Waals surface area contributed by atoms with Gasteiger partial charge in [0.15, 0.2) is 0 Å². The lowest BCUT2D eigenvalue weighted by molar-refractivity contribution is 0.159. The number of piperazine rings is 1. The van der Waals surface area contributed by atoms with Gasteiger partial charge in [-0.15, -0.1) is 11.3 Å². The Labute approximate surface area is 147 Å². The van der Waals surface area contributed by atoms with E-state index in [1.165, 1.54) is 11.3 Å². The van der Waals surface area contributed by atoms with Gasteiger partial charge in [-0.2, -0.15) is 4.31 Å². The van der Waals surface area contributed by atoms with Crippen molar-refractivity contribution in [1.29, 1.82) is 0 Å². The van der Waals surface area contributed by atoms with E-state index in [1.807, 2.05) is 43.3 Å². The van der Waals surface area contributed by atoms with E-state index in [0.717, 1.165) is 30.3 Å². The van der Waals surface area contributed by atoms with Crippen LogP contribution < -0.4 is 4.74 Å². The Morgan fingerprint density at radius 1 is 1.04 bits per heavy atom. The maximum atomic E-state index is 12.6. The number of sulfonamides is 1. The third-order valence-corrected chi connectivity index (χ3v) is 7.43. The first-order valence-electron chi connectivity index (χ1n) is 8.02. The average molecular weight is 367 g/mol. The van der Waals surface area contributed by atoms with Crippen molar-refractivity contribution in [2.75, 3.05) is 39.3 Å². The number of hydrogen-bond donors (Lipinski definition) is 0. The highest BCUT2D eigenvalue weighted by atomic mass is 32.2. The van der Waals surface area contributed by atoms with Gasteiger partial charge >= 0.3 is 0 Å². The van der Waals surface area contributed by atoms with Gasteiger partial charge in [0.25, 0.3) is 10.0 Å². The van der Waals surface area contributed by atoms with Crippen LogP contribution in [0.25, 0.3) is 0 Å². The van der Waals surface area contributed by atoms with Crippen molar-refractivity contribution < 1.29 is 13.2 Å². The van der Waals surface area contributed by atoms with Crippen LogP contribution in [0.2, 0.25) is 0 Å². The summed E-state index contributed by atoms with van der Waals surface area (Å²) in [7, 11) is -3.33. The van der Waals surface area contributed by atoms with Gasteiger partial charge < -0.3 is 4.74 Å². The normalized spacial score (nSPS) is 17.0. The second kappa shape index (κ2) is 7.65. The molecule has 1 aliphatic heterocycles. The molecule has 1 aliphatic rings. The van der Waals surface area contributed by atoms with Gasteiger partial charge in [-0.3, -0.25) is 4.90 Å². The van der Waals surface area contributed by atoms with Crippen molar-refractivity contribution in [3.63, 3.8) is 0 Å². The van der Waals surface area contributed by atoms with Crippen LogP contribution in [0.5, 0.6) is 5.75 Å². The summed E-state index contributed by atoms with van der Waals surface area (Å²) in [5.74, 6) is 0.867. The SMILES string of the molecule is Cc1ccc(S(=O)(=O)N2CCN(CCOc3ccccc3)CC2)s1. The topological polar surface area (TPSA) is 49.9 Å². The molecule has 1 aromatic carbocycles. The lowest BCUT2D eigenvalue weighted by Crippen LogP contribution is -2.49. The Bertz CT molecular complexity index is 751. The fraction of sp³-hybridized carbons (Fsp3) is 0.412. The Kier molecular flexibility index (Phi) is 5.55. The average Bonchev–Trinajstić information content (AvgIpc) is 3.04. The van der Waals surface area contributed by atoms with E-state index in [9.17, 15) is 8.42 Å². The molecule has 1 saturated heterocycles. The van der Waals surface area contributed by atoms with E-state index in [0.29, 0.717) is 23.9 Å². The maximum absolute atomic E-state index is 12.6. The zero-order valence-corrected chi connectivity index (χ0v) is 15.4. The van der Waals surface area contributed by atoms with Crippen molar-refractivity contribution in [2.45, 2.75) is 11.1 Å². The number of para-hydroxylation sites is 1. The number of hydrogen-bond acceptors (Lipinski definition) is 5. The quantitative estimate of drug-likeness (QED) is 0.788. The van der Waals surface area contributed by atoms with Gasteiger partial charge in [0.1, 0.15) is 16.6 Å². The molecule has 130 valence electrons. The molecule has 5 nitrogen and oxygen atoms in total. The van der Waals surface area contributed by atoms with Crippen LogP contribution >= 0.6 is 11.3 Å². The maximum Gasteiger partial charge on any atom is 0.252 e.